The molecule has 0 unspecified atom stereocenters. The van der Waals surface area contributed by atoms with Crippen LogP contribution in [-0.4, -0.2) is 62.9 Å². The molecule has 32 heavy (non-hydrogen) atoms. The van der Waals surface area contributed by atoms with E-state index in [1.54, 1.807) is 0 Å². The van der Waals surface area contributed by atoms with E-state index in [4.69, 9.17) is 15.5 Å². The molecule has 1 aliphatic heterocycles. The topological polar surface area (TPSA) is 133 Å². The third-order valence-electron chi connectivity index (χ3n) is 5.61. The van der Waals surface area contributed by atoms with Gasteiger partial charge in [0, 0.05) is 18.7 Å². The minimum absolute atomic E-state index is 0.228. The van der Waals surface area contributed by atoms with Crippen molar-refractivity contribution in [2.75, 3.05) is 24.3 Å². The third-order valence-corrected chi connectivity index (χ3v) is 8.16. The van der Waals surface area contributed by atoms with Crippen LogP contribution < -0.4 is 11.1 Å². The summed E-state index contributed by atoms with van der Waals surface area (Å²) in [4.78, 5) is 45.1. The highest BCUT2D eigenvalue weighted by Crippen LogP contribution is 2.38. The minimum Gasteiger partial charge on any atom is -0.368 e. The lowest BCUT2D eigenvalue weighted by Crippen LogP contribution is -2.55. The monoisotopic (exact) mass is 479 g/mol. The number of carbonyl (C=O) groups excluding carboxylic acids is 2. The first kappa shape index (κ1) is 24.7. The van der Waals surface area contributed by atoms with Gasteiger partial charge >= 0.3 is 7.60 Å². The lowest BCUT2D eigenvalue weighted by Gasteiger charge is -2.35. The van der Waals surface area contributed by atoms with E-state index in [-0.39, 0.29) is 17.4 Å². The van der Waals surface area contributed by atoms with Crippen molar-refractivity contribution in [1.29, 1.82) is 0 Å². The SMILES string of the molecule is NC(=O)[C@H](Cc1ccc2ccccc2c1)NC(=O)[C@@H]1CCCCN1CCSCP(=O)(O)O. The Kier molecular flexibility index (Phi) is 8.73. The summed E-state index contributed by atoms with van der Waals surface area (Å²) in [6.45, 7) is 1.29. The zero-order valence-electron chi connectivity index (χ0n) is 17.9. The van der Waals surface area contributed by atoms with Crippen LogP contribution in [0.1, 0.15) is 24.8 Å². The predicted octanol–water partition coefficient (Wildman–Crippen LogP) is 2.08. The van der Waals surface area contributed by atoms with Crippen molar-refractivity contribution in [2.24, 2.45) is 5.73 Å². The van der Waals surface area contributed by atoms with Gasteiger partial charge in [0.15, 0.2) is 0 Å². The zero-order valence-corrected chi connectivity index (χ0v) is 19.6. The van der Waals surface area contributed by atoms with Crippen LogP contribution in [-0.2, 0) is 20.6 Å². The van der Waals surface area contributed by atoms with Gasteiger partial charge in [0.2, 0.25) is 11.8 Å². The average molecular weight is 480 g/mol. The van der Waals surface area contributed by atoms with Crippen molar-refractivity contribution >= 4 is 41.9 Å². The summed E-state index contributed by atoms with van der Waals surface area (Å²) in [7, 11) is -4.04. The molecule has 0 saturated carbocycles. The Morgan fingerprint density at radius 1 is 1.19 bits per heavy atom. The van der Waals surface area contributed by atoms with E-state index in [0.29, 0.717) is 25.1 Å². The first-order valence-electron chi connectivity index (χ1n) is 10.7. The van der Waals surface area contributed by atoms with Crippen molar-refractivity contribution in [1.82, 2.24) is 10.2 Å². The molecular formula is C22H30N3O5PS. The molecule has 1 fully saturated rings. The van der Waals surface area contributed by atoms with Crippen LogP contribution in [0, 0.1) is 0 Å². The van der Waals surface area contributed by atoms with Crippen molar-refractivity contribution < 1.29 is 23.9 Å². The second kappa shape index (κ2) is 11.3. The number of nitrogens with two attached hydrogens (primary N) is 1. The summed E-state index contributed by atoms with van der Waals surface area (Å²) < 4.78 is 11.0. The van der Waals surface area contributed by atoms with Crippen molar-refractivity contribution in [3.05, 3.63) is 48.0 Å². The van der Waals surface area contributed by atoms with Crippen molar-refractivity contribution in [2.45, 2.75) is 37.8 Å². The maximum absolute atomic E-state index is 13.0. The third kappa shape index (κ3) is 7.32. The Labute approximate surface area is 192 Å². The van der Waals surface area contributed by atoms with Gasteiger partial charge in [-0.1, -0.05) is 48.9 Å². The summed E-state index contributed by atoms with van der Waals surface area (Å²) in [5.41, 5.74) is 6.29. The van der Waals surface area contributed by atoms with Crippen LogP contribution in [0.5, 0.6) is 0 Å². The fourth-order valence-electron chi connectivity index (χ4n) is 4.01. The molecule has 8 nitrogen and oxygen atoms in total. The standard InChI is InChI=1S/C22H30N3O5PS/c23-21(26)19(14-16-8-9-17-5-1-2-6-18(17)13-16)24-22(27)20-7-3-4-10-25(20)11-12-32-15-31(28,29)30/h1-2,5-6,8-9,13,19-20H,3-4,7,10-12,14-15H2,(H2,23,26)(H,24,27)(H2,28,29,30)/t19-,20-/m0/s1. The van der Waals surface area contributed by atoms with Gasteiger partial charge in [-0.05, 0) is 35.7 Å². The van der Waals surface area contributed by atoms with E-state index in [1.807, 2.05) is 47.4 Å². The molecule has 0 radical (unpaired) electrons. The molecule has 0 aromatic heterocycles. The predicted molar refractivity (Wildman–Crippen MR) is 127 cm³/mol. The van der Waals surface area contributed by atoms with Gasteiger partial charge in [0.1, 0.15) is 6.04 Å². The van der Waals surface area contributed by atoms with E-state index in [9.17, 15) is 14.2 Å². The Morgan fingerprint density at radius 2 is 1.94 bits per heavy atom. The molecule has 2 aromatic carbocycles. The summed E-state index contributed by atoms with van der Waals surface area (Å²) >= 11 is 1.18. The lowest BCUT2D eigenvalue weighted by atomic mass is 9.99. The van der Waals surface area contributed by atoms with Crippen LogP contribution >= 0.6 is 19.4 Å². The largest absolute Gasteiger partial charge is 0.368 e. The van der Waals surface area contributed by atoms with Gasteiger partial charge in [-0.2, -0.15) is 0 Å². The Bertz CT molecular complexity index is 998. The van der Waals surface area contributed by atoms with Crippen LogP contribution in [0.25, 0.3) is 10.8 Å². The molecule has 3 rings (SSSR count). The van der Waals surface area contributed by atoms with Crippen molar-refractivity contribution in [3.63, 3.8) is 0 Å². The summed E-state index contributed by atoms with van der Waals surface area (Å²) in [6.07, 6.45) is 2.87. The van der Waals surface area contributed by atoms with Gasteiger partial charge in [-0.15, -0.1) is 11.8 Å². The maximum atomic E-state index is 13.0. The molecule has 2 atom stereocenters. The Morgan fingerprint density at radius 3 is 2.66 bits per heavy atom. The molecule has 1 saturated heterocycles. The van der Waals surface area contributed by atoms with Crippen LogP contribution in [0.4, 0.5) is 0 Å². The molecule has 2 aromatic rings. The van der Waals surface area contributed by atoms with E-state index >= 15 is 0 Å². The molecule has 0 aliphatic carbocycles. The molecule has 1 heterocycles. The molecule has 10 heteroatoms. The van der Waals surface area contributed by atoms with Crippen LogP contribution in [0.2, 0.25) is 0 Å². The fourth-order valence-corrected chi connectivity index (χ4v) is 5.84. The van der Waals surface area contributed by atoms with Crippen LogP contribution in [0.15, 0.2) is 42.5 Å². The van der Waals surface area contributed by atoms with E-state index in [2.05, 4.69) is 5.32 Å². The van der Waals surface area contributed by atoms with Gasteiger partial charge in [0.25, 0.3) is 0 Å². The average Bonchev–Trinajstić information content (AvgIpc) is 2.75. The fraction of sp³-hybridized carbons (Fsp3) is 0.455. The van der Waals surface area contributed by atoms with E-state index in [0.717, 1.165) is 35.7 Å². The minimum atomic E-state index is -4.04. The molecule has 0 spiro atoms. The second-order valence-electron chi connectivity index (χ2n) is 8.10. The number of thioether (sulfide) groups is 1. The summed E-state index contributed by atoms with van der Waals surface area (Å²) in [6, 6.07) is 12.7. The number of rotatable bonds is 10. The number of hydrogen-bond donors (Lipinski definition) is 4. The molecule has 174 valence electrons. The highest BCUT2D eigenvalue weighted by atomic mass is 32.2. The number of benzene rings is 2. The number of likely N-dealkylation sites (tertiary alicyclic amines) is 1. The molecule has 0 bridgehead atoms. The van der Waals surface area contributed by atoms with Gasteiger partial charge in [-0.25, -0.2) is 0 Å². The number of primary amides is 1. The number of carbonyl (C=O) groups is 2. The number of amides is 2. The Balaban J connectivity index is 1.61. The number of nitrogens with zero attached hydrogens (tertiary/aromatic N) is 1. The lowest BCUT2D eigenvalue weighted by molar-refractivity contribution is -0.131. The summed E-state index contributed by atoms with van der Waals surface area (Å²) in [5, 5.41) is 5.00. The number of piperidine rings is 1. The van der Waals surface area contributed by atoms with E-state index in [1.165, 1.54) is 11.8 Å². The van der Waals surface area contributed by atoms with Gasteiger partial charge < -0.3 is 20.8 Å². The van der Waals surface area contributed by atoms with Gasteiger partial charge in [-0.3, -0.25) is 19.1 Å². The number of fused-ring (bicyclic) bond motifs is 1. The smallest absolute Gasteiger partial charge is 0.335 e. The van der Waals surface area contributed by atoms with E-state index < -0.39 is 19.5 Å². The normalized spacial score (nSPS) is 18.4. The first-order valence-corrected chi connectivity index (χ1v) is 13.6. The van der Waals surface area contributed by atoms with Gasteiger partial charge in [0.05, 0.1) is 11.5 Å². The highest BCUT2D eigenvalue weighted by Gasteiger charge is 2.31. The first-order chi connectivity index (χ1) is 15.2. The molecule has 2 amide bonds. The number of hydrogen-bond acceptors (Lipinski definition) is 5. The molecular weight excluding hydrogens is 449 g/mol. The van der Waals surface area contributed by atoms with Crippen LogP contribution in [0.3, 0.4) is 0 Å². The number of nitrogens with one attached hydrogen (secondary N) is 1. The zero-order chi connectivity index (χ0) is 23.1. The molecule has 1 aliphatic rings. The molecule has 5 N–H and O–H groups in total. The second-order valence-corrected chi connectivity index (χ2v) is 11.3. The highest BCUT2D eigenvalue weighted by molar-refractivity contribution is 8.04. The maximum Gasteiger partial charge on any atom is 0.335 e. The summed E-state index contributed by atoms with van der Waals surface area (Å²) in [5.74, 6) is -0.286. The Hall–Kier alpha value is -1.90. The van der Waals surface area contributed by atoms with Crippen molar-refractivity contribution in [3.8, 4) is 0 Å². The quantitative estimate of drug-likeness (QED) is 0.303.